The first-order valence-electron chi connectivity index (χ1n) is 11.6. The Hall–Kier alpha value is -5.62. The molecular weight excluding hydrogens is 482 g/mol. The summed E-state index contributed by atoms with van der Waals surface area (Å²) in [6.45, 7) is -0.00338. The molecule has 9 heteroatoms. The second-order valence-corrected chi connectivity index (χ2v) is 8.22. The Morgan fingerprint density at radius 2 is 1.74 bits per heavy atom. The number of rotatable bonds is 7. The number of nitro benzene ring substituents is 1. The zero-order chi connectivity index (χ0) is 26.5. The van der Waals surface area contributed by atoms with Crippen LogP contribution in [-0.4, -0.2) is 20.8 Å². The first-order chi connectivity index (χ1) is 18.5. The molecule has 1 heterocycles. The van der Waals surface area contributed by atoms with Crippen LogP contribution in [0.5, 0.6) is 5.75 Å². The van der Waals surface area contributed by atoms with E-state index < -0.39 is 4.92 Å². The summed E-state index contributed by atoms with van der Waals surface area (Å²) < 4.78 is 6.87. The number of hydrogen-bond donors (Lipinski definition) is 0. The van der Waals surface area contributed by atoms with Crippen molar-refractivity contribution < 1.29 is 9.66 Å². The molecule has 0 bridgehead atoms. The van der Waals surface area contributed by atoms with Gasteiger partial charge in [-0.05, 0) is 30.3 Å². The summed E-state index contributed by atoms with van der Waals surface area (Å²) >= 11 is 0. The second kappa shape index (κ2) is 10.6. The Labute approximate surface area is 216 Å². The highest BCUT2D eigenvalue weighted by molar-refractivity contribution is 5.83. The lowest BCUT2D eigenvalue weighted by molar-refractivity contribution is -0.385. The Balaban J connectivity index is 1.51. The maximum atomic E-state index is 13.3. The van der Waals surface area contributed by atoms with Crippen LogP contribution in [0.15, 0.2) is 107 Å². The van der Waals surface area contributed by atoms with Gasteiger partial charge in [0, 0.05) is 22.8 Å². The molecule has 0 atom stereocenters. The van der Waals surface area contributed by atoms with Crippen molar-refractivity contribution in [2.75, 3.05) is 0 Å². The number of nitriles is 1. The molecule has 0 saturated carbocycles. The fourth-order valence-corrected chi connectivity index (χ4v) is 3.92. The van der Waals surface area contributed by atoms with E-state index in [-0.39, 0.29) is 23.6 Å². The second-order valence-electron chi connectivity index (χ2n) is 8.22. The summed E-state index contributed by atoms with van der Waals surface area (Å²) in [4.78, 5) is 29.2. The van der Waals surface area contributed by atoms with Crippen molar-refractivity contribution in [2.24, 2.45) is 5.10 Å². The van der Waals surface area contributed by atoms with Gasteiger partial charge in [-0.15, -0.1) is 0 Å². The van der Waals surface area contributed by atoms with Crippen LogP contribution in [0.25, 0.3) is 22.3 Å². The number of nitrogens with zero attached hydrogens (tertiary/aromatic N) is 5. The third-order valence-corrected chi connectivity index (χ3v) is 5.81. The molecule has 0 spiro atoms. The Morgan fingerprint density at radius 1 is 1.00 bits per heavy atom. The molecule has 0 unspecified atom stereocenters. The van der Waals surface area contributed by atoms with E-state index in [0.717, 1.165) is 0 Å². The van der Waals surface area contributed by atoms with Gasteiger partial charge in [0.15, 0.2) is 11.6 Å². The third kappa shape index (κ3) is 4.87. The van der Waals surface area contributed by atoms with Crippen LogP contribution >= 0.6 is 0 Å². The number of hydrogen-bond acceptors (Lipinski definition) is 7. The fraction of sp³-hybridized carbons (Fsp3) is 0.0345. The van der Waals surface area contributed by atoms with Gasteiger partial charge in [-0.3, -0.25) is 14.9 Å². The van der Waals surface area contributed by atoms with Gasteiger partial charge in [0.2, 0.25) is 0 Å². The maximum absolute atomic E-state index is 13.3. The van der Waals surface area contributed by atoms with Crippen molar-refractivity contribution in [3.05, 3.63) is 134 Å². The molecule has 184 valence electrons. The molecule has 38 heavy (non-hydrogen) atoms. The molecule has 4 aromatic carbocycles. The van der Waals surface area contributed by atoms with E-state index in [1.165, 1.54) is 23.0 Å². The topological polar surface area (TPSA) is 123 Å². The van der Waals surface area contributed by atoms with Crippen molar-refractivity contribution >= 4 is 22.8 Å². The smallest absolute Gasteiger partial charge is 0.311 e. The van der Waals surface area contributed by atoms with E-state index in [1.807, 2.05) is 30.3 Å². The number of para-hydroxylation sites is 1. The molecule has 5 rings (SSSR count). The molecule has 5 aromatic rings. The zero-order valence-corrected chi connectivity index (χ0v) is 19.9. The van der Waals surface area contributed by atoms with Gasteiger partial charge in [-0.1, -0.05) is 60.7 Å². The van der Waals surface area contributed by atoms with Crippen molar-refractivity contribution in [2.45, 2.75) is 6.61 Å². The summed E-state index contributed by atoms with van der Waals surface area (Å²) in [6, 6.07) is 29.5. The molecule has 0 N–H and O–H groups in total. The summed E-state index contributed by atoms with van der Waals surface area (Å²) in [5, 5.41) is 25.8. The third-order valence-electron chi connectivity index (χ3n) is 5.81. The molecule has 1 aromatic heterocycles. The van der Waals surface area contributed by atoms with Gasteiger partial charge < -0.3 is 4.74 Å². The van der Waals surface area contributed by atoms with Crippen molar-refractivity contribution in [1.29, 1.82) is 5.26 Å². The standard InChI is InChI=1S/C29H19N5O4/c30-17-22-10-4-5-11-23(22)19-38-27-15-14-20(16-26(27)34(36)37)18-31-33-28(21-8-2-1-3-9-21)32-25-13-7-6-12-24(25)29(33)35/h1-16,18H,19H2. The van der Waals surface area contributed by atoms with Crippen LogP contribution < -0.4 is 10.3 Å². The van der Waals surface area contributed by atoms with E-state index in [0.29, 0.717) is 39.0 Å². The largest absolute Gasteiger partial charge is 0.482 e. The minimum Gasteiger partial charge on any atom is -0.482 e. The average Bonchev–Trinajstić information content (AvgIpc) is 2.96. The summed E-state index contributed by atoms with van der Waals surface area (Å²) in [6.07, 6.45) is 1.37. The molecule has 0 fully saturated rings. The fourth-order valence-electron chi connectivity index (χ4n) is 3.92. The Bertz CT molecular complexity index is 1790. The lowest BCUT2D eigenvalue weighted by Crippen LogP contribution is -2.20. The minimum atomic E-state index is -0.554. The van der Waals surface area contributed by atoms with Crippen molar-refractivity contribution in [1.82, 2.24) is 9.66 Å². The normalized spacial score (nSPS) is 10.9. The molecule has 9 nitrogen and oxygen atoms in total. The summed E-state index contributed by atoms with van der Waals surface area (Å²) in [7, 11) is 0. The van der Waals surface area contributed by atoms with Crippen LogP contribution in [0.4, 0.5) is 5.69 Å². The molecule has 0 aliphatic rings. The SMILES string of the molecule is N#Cc1ccccc1COc1ccc(C=Nn2c(-c3ccccc3)nc3ccccc3c2=O)cc1[N+](=O)[O-]. The highest BCUT2D eigenvalue weighted by atomic mass is 16.6. The average molecular weight is 502 g/mol. The van der Waals surface area contributed by atoms with Crippen LogP contribution in [0.2, 0.25) is 0 Å². The number of ether oxygens (including phenoxy) is 1. The van der Waals surface area contributed by atoms with Gasteiger partial charge in [-0.2, -0.15) is 15.0 Å². The lowest BCUT2D eigenvalue weighted by atomic mass is 10.1. The van der Waals surface area contributed by atoms with E-state index in [2.05, 4.69) is 16.2 Å². The first kappa shape index (κ1) is 24.1. The van der Waals surface area contributed by atoms with Gasteiger partial charge in [0.25, 0.3) is 5.56 Å². The molecule has 0 amide bonds. The quantitative estimate of drug-likeness (QED) is 0.169. The number of aromatic nitrogens is 2. The highest BCUT2D eigenvalue weighted by Gasteiger charge is 2.17. The van der Waals surface area contributed by atoms with E-state index in [4.69, 9.17) is 4.74 Å². The van der Waals surface area contributed by atoms with Crippen LogP contribution in [0.3, 0.4) is 0 Å². The molecular formula is C29H19N5O4. The van der Waals surface area contributed by atoms with Crippen LogP contribution in [0.1, 0.15) is 16.7 Å². The number of benzene rings is 4. The first-order valence-corrected chi connectivity index (χ1v) is 11.6. The van der Waals surface area contributed by atoms with Gasteiger partial charge in [0.05, 0.1) is 33.7 Å². The van der Waals surface area contributed by atoms with Gasteiger partial charge in [-0.25, -0.2) is 4.98 Å². The highest BCUT2D eigenvalue weighted by Crippen LogP contribution is 2.29. The van der Waals surface area contributed by atoms with E-state index in [1.54, 1.807) is 54.6 Å². The van der Waals surface area contributed by atoms with Gasteiger partial charge in [0.1, 0.15) is 6.61 Å². The predicted octanol–water partition coefficient (Wildman–Crippen LogP) is 5.30. The molecule has 0 aliphatic heterocycles. The van der Waals surface area contributed by atoms with Gasteiger partial charge >= 0.3 is 5.69 Å². The number of fused-ring (bicyclic) bond motifs is 1. The summed E-state index contributed by atoms with van der Waals surface area (Å²) in [5.41, 5.74) is 2.04. The zero-order valence-electron chi connectivity index (χ0n) is 19.9. The molecule has 0 radical (unpaired) electrons. The van der Waals surface area contributed by atoms with Crippen LogP contribution in [0, 0.1) is 21.4 Å². The maximum Gasteiger partial charge on any atom is 0.311 e. The van der Waals surface area contributed by atoms with Crippen molar-refractivity contribution in [3.8, 4) is 23.2 Å². The minimum absolute atomic E-state index is 0.00338. The molecule has 0 aliphatic carbocycles. The Kier molecular flexibility index (Phi) is 6.69. The Morgan fingerprint density at radius 3 is 2.53 bits per heavy atom. The van der Waals surface area contributed by atoms with E-state index in [9.17, 15) is 20.2 Å². The monoisotopic (exact) mass is 501 g/mol. The number of nitro groups is 1. The van der Waals surface area contributed by atoms with Crippen LogP contribution in [-0.2, 0) is 6.61 Å². The van der Waals surface area contributed by atoms with Crippen molar-refractivity contribution in [3.63, 3.8) is 0 Å². The lowest BCUT2D eigenvalue weighted by Gasteiger charge is -2.10. The van der Waals surface area contributed by atoms with E-state index >= 15 is 0 Å². The summed E-state index contributed by atoms with van der Waals surface area (Å²) in [5.74, 6) is 0.394. The predicted molar refractivity (Wildman–Crippen MR) is 143 cm³/mol. The molecule has 0 saturated heterocycles.